The molecule has 0 spiro atoms. The largest absolute Gasteiger partial charge is 0.506 e. The molecule has 1 aromatic carbocycles. The molecule has 0 fully saturated rings. The van der Waals surface area contributed by atoms with Crippen LogP contribution >= 0.6 is 63.7 Å². The Hall–Kier alpha value is -0.180. The van der Waals surface area contributed by atoms with Gasteiger partial charge in [0.1, 0.15) is 5.75 Å². The lowest BCUT2D eigenvalue weighted by atomic mass is 9.92. The van der Waals surface area contributed by atoms with Crippen molar-refractivity contribution in [1.82, 2.24) is 0 Å². The molecule has 1 aromatic rings. The molecular formula is C10H4Br4N2O2. The fourth-order valence-electron chi connectivity index (χ4n) is 1.60. The van der Waals surface area contributed by atoms with E-state index in [9.17, 15) is 9.90 Å². The normalized spacial score (nSPS) is 15.1. The molecule has 0 atom stereocenters. The van der Waals surface area contributed by atoms with Crippen molar-refractivity contribution in [3.63, 3.8) is 0 Å². The third kappa shape index (κ3) is 1.81. The molecule has 0 unspecified atom stereocenters. The van der Waals surface area contributed by atoms with Gasteiger partial charge in [-0.15, -0.1) is 0 Å². The molecule has 0 amide bonds. The Balaban J connectivity index is 2.96. The Bertz CT molecular complexity index is 597. The monoisotopic (exact) mass is 500 g/mol. The van der Waals surface area contributed by atoms with Crippen molar-refractivity contribution >= 4 is 80.9 Å². The third-order valence-corrected chi connectivity index (χ3v) is 6.69. The van der Waals surface area contributed by atoms with Gasteiger partial charge in [-0.05, 0) is 63.7 Å². The summed E-state index contributed by atoms with van der Waals surface area (Å²) >= 11 is 12.6. The lowest BCUT2D eigenvalue weighted by molar-refractivity contribution is 0.104. The first-order valence-electron chi connectivity index (χ1n) is 4.47. The smallest absolute Gasteiger partial charge is 0.204 e. The van der Waals surface area contributed by atoms with Gasteiger partial charge in [0.15, 0.2) is 0 Å². The van der Waals surface area contributed by atoms with Gasteiger partial charge in [-0.25, -0.2) is 0 Å². The number of phenols is 1. The molecular weight excluding hydrogens is 500 g/mol. The van der Waals surface area contributed by atoms with Crippen molar-refractivity contribution in [2.24, 2.45) is 0 Å². The number of nitrogens with one attached hydrogen (secondary N) is 1. The predicted octanol–water partition coefficient (Wildman–Crippen LogP) is 4.06. The number of fused-ring (bicyclic) bond motifs is 1. The maximum atomic E-state index is 12.2. The van der Waals surface area contributed by atoms with Gasteiger partial charge in [-0.3, -0.25) is 10.2 Å². The van der Waals surface area contributed by atoms with E-state index >= 15 is 0 Å². The van der Waals surface area contributed by atoms with Gasteiger partial charge in [-0.2, -0.15) is 0 Å². The van der Waals surface area contributed by atoms with E-state index in [2.05, 4.69) is 63.7 Å². The fraction of sp³-hybridized carbons (Fsp3) is 0. The van der Waals surface area contributed by atoms with Crippen LogP contribution in [-0.4, -0.2) is 16.6 Å². The average molecular weight is 504 g/mol. The lowest BCUT2D eigenvalue weighted by Gasteiger charge is -2.21. The summed E-state index contributed by atoms with van der Waals surface area (Å²) in [5.41, 5.74) is 6.27. The number of rotatable bonds is 0. The topological polar surface area (TPSA) is 87.2 Å². The molecule has 0 saturated carbocycles. The van der Waals surface area contributed by atoms with Gasteiger partial charge in [0.25, 0.3) is 0 Å². The number of nitrogen functional groups attached to an aromatic ring is 1. The van der Waals surface area contributed by atoms with E-state index in [1.807, 2.05) is 0 Å². The second kappa shape index (κ2) is 4.73. The molecule has 0 aromatic heterocycles. The maximum Gasteiger partial charge on any atom is 0.204 e. The fourth-order valence-corrected chi connectivity index (χ4v) is 3.18. The molecule has 1 aliphatic carbocycles. The lowest BCUT2D eigenvalue weighted by Crippen LogP contribution is -2.20. The van der Waals surface area contributed by atoms with E-state index in [4.69, 9.17) is 11.1 Å². The van der Waals surface area contributed by atoms with Crippen molar-refractivity contribution in [3.8, 4) is 5.75 Å². The Morgan fingerprint density at radius 2 is 1.56 bits per heavy atom. The molecule has 0 saturated heterocycles. The van der Waals surface area contributed by atoms with E-state index in [0.29, 0.717) is 8.95 Å². The maximum absolute atomic E-state index is 12.2. The SMILES string of the molecule is N=C1C(Br)=C(Br)C(=O)c2c(N)c(Br)c(Br)c(O)c21. The van der Waals surface area contributed by atoms with Crippen LogP contribution in [0.4, 0.5) is 5.69 Å². The summed E-state index contributed by atoms with van der Waals surface area (Å²) < 4.78 is 1.19. The van der Waals surface area contributed by atoms with E-state index in [1.54, 1.807) is 0 Å². The van der Waals surface area contributed by atoms with Gasteiger partial charge in [0.05, 0.1) is 40.4 Å². The van der Waals surface area contributed by atoms with Gasteiger partial charge in [0.2, 0.25) is 5.78 Å². The van der Waals surface area contributed by atoms with E-state index in [0.717, 1.165) is 0 Å². The summed E-state index contributed by atoms with van der Waals surface area (Å²) in [5.74, 6) is -0.574. The molecule has 0 bridgehead atoms. The number of nitrogens with two attached hydrogens (primary N) is 1. The summed E-state index contributed by atoms with van der Waals surface area (Å²) in [7, 11) is 0. The van der Waals surface area contributed by atoms with Gasteiger partial charge in [0, 0.05) is 0 Å². The highest BCUT2D eigenvalue weighted by molar-refractivity contribution is 9.14. The molecule has 4 N–H and O–H groups in total. The van der Waals surface area contributed by atoms with Crippen molar-refractivity contribution in [1.29, 1.82) is 5.41 Å². The van der Waals surface area contributed by atoms with Crippen LogP contribution in [0.3, 0.4) is 0 Å². The first kappa shape index (κ1) is 14.2. The molecule has 0 radical (unpaired) electrons. The highest BCUT2D eigenvalue weighted by Crippen LogP contribution is 2.47. The van der Waals surface area contributed by atoms with Crippen molar-refractivity contribution in [2.45, 2.75) is 0 Å². The molecule has 0 aliphatic heterocycles. The number of anilines is 1. The van der Waals surface area contributed by atoms with E-state index in [1.165, 1.54) is 0 Å². The molecule has 4 nitrogen and oxygen atoms in total. The number of phenolic OH excluding ortho intramolecular Hbond substituents is 1. The number of carbonyl (C=O) groups excluding carboxylic acids is 1. The van der Waals surface area contributed by atoms with Crippen molar-refractivity contribution in [3.05, 3.63) is 29.0 Å². The minimum Gasteiger partial charge on any atom is -0.506 e. The zero-order valence-electron chi connectivity index (χ0n) is 8.44. The standard InChI is InChI=1S/C10H4Br4N2O2/c11-3-6(14)10(18)2-1(7(3)15)9(17)5(13)4(12)8(2)16/h15,17H,16H2. The second-order valence-corrected chi connectivity index (χ2v) is 6.64. The highest BCUT2D eigenvalue weighted by Gasteiger charge is 2.34. The van der Waals surface area contributed by atoms with Crippen molar-refractivity contribution in [2.75, 3.05) is 5.73 Å². The number of hydrogen-bond donors (Lipinski definition) is 3. The predicted molar refractivity (Wildman–Crippen MR) is 84.0 cm³/mol. The minimum atomic E-state index is -0.381. The zero-order valence-corrected chi connectivity index (χ0v) is 14.8. The average Bonchev–Trinajstić information content (AvgIpc) is 2.35. The first-order valence-corrected chi connectivity index (χ1v) is 7.64. The number of benzene rings is 1. The number of hydrogen-bond acceptors (Lipinski definition) is 4. The van der Waals surface area contributed by atoms with Crippen LogP contribution in [0.15, 0.2) is 17.9 Å². The van der Waals surface area contributed by atoms with Crippen LogP contribution in [0.2, 0.25) is 0 Å². The Morgan fingerprint density at radius 1 is 1.00 bits per heavy atom. The quantitative estimate of drug-likeness (QED) is 0.368. The van der Waals surface area contributed by atoms with E-state index in [-0.39, 0.29) is 43.0 Å². The van der Waals surface area contributed by atoms with Crippen LogP contribution in [0.25, 0.3) is 0 Å². The van der Waals surface area contributed by atoms with Crippen LogP contribution in [0.1, 0.15) is 15.9 Å². The van der Waals surface area contributed by atoms with Gasteiger partial charge < -0.3 is 10.8 Å². The Morgan fingerprint density at radius 3 is 2.11 bits per heavy atom. The summed E-state index contributed by atoms with van der Waals surface area (Å²) in [6.07, 6.45) is 0. The number of ketones is 1. The second-order valence-electron chi connectivity index (χ2n) is 3.47. The Kier molecular flexibility index (Phi) is 3.74. The highest BCUT2D eigenvalue weighted by atomic mass is 79.9. The van der Waals surface area contributed by atoms with Gasteiger partial charge >= 0.3 is 0 Å². The molecule has 94 valence electrons. The van der Waals surface area contributed by atoms with Gasteiger partial charge in [-0.1, -0.05) is 0 Å². The molecule has 8 heteroatoms. The molecule has 0 heterocycles. The molecule has 2 rings (SSSR count). The summed E-state index contributed by atoms with van der Waals surface area (Å²) in [5, 5.41) is 18.0. The molecule has 1 aliphatic rings. The number of allylic oxidation sites excluding steroid dienone is 2. The first-order chi connectivity index (χ1) is 8.29. The third-order valence-electron chi connectivity index (χ3n) is 2.48. The van der Waals surface area contributed by atoms with Crippen LogP contribution < -0.4 is 5.73 Å². The van der Waals surface area contributed by atoms with Crippen LogP contribution in [0.5, 0.6) is 5.75 Å². The van der Waals surface area contributed by atoms with Crippen molar-refractivity contribution < 1.29 is 9.90 Å². The summed E-state index contributed by atoms with van der Waals surface area (Å²) in [6.45, 7) is 0. The summed E-state index contributed by atoms with van der Waals surface area (Å²) in [4.78, 5) is 12.2. The number of halogens is 4. The number of aromatic hydroxyl groups is 1. The Labute approximate surface area is 136 Å². The van der Waals surface area contributed by atoms with E-state index < -0.39 is 0 Å². The van der Waals surface area contributed by atoms with Crippen LogP contribution in [-0.2, 0) is 0 Å². The number of Topliss-reactive ketones (excluding diaryl/α,β-unsaturated/α-hetero) is 1. The summed E-state index contributed by atoms with van der Waals surface area (Å²) in [6, 6.07) is 0. The zero-order chi connectivity index (χ0) is 13.8. The molecule has 18 heavy (non-hydrogen) atoms. The minimum absolute atomic E-state index is 0.00567. The van der Waals surface area contributed by atoms with Crippen LogP contribution in [0, 0.1) is 5.41 Å². The number of carbonyl (C=O) groups is 1.